The summed E-state index contributed by atoms with van der Waals surface area (Å²) < 4.78 is 5.35. The SMILES string of the molecule is CCc1c(C)sc(NC(=O)[C@@H]2[C@H](C(=O)O)[C@H]3C=C[C@H]2C3)c1C(=O)N1CCOCC1. The van der Waals surface area contributed by atoms with Gasteiger partial charge in [-0.2, -0.15) is 0 Å². The van der Waals surface area contributed by atoms with E-state index in [2.05, 4.69) is 5.32 Å². The van der Waals surface area contributed by atoms with Crippen LogP contribution in [0.25, 0.3) is 0 Å². The van der Waals surface area contributed by atoms with Gasteiger partial charge in [0.1, 0.15) is 5.00 Å². The number of carboxylic acids is 1. The normalized spacial score (nSPS) is 28.0. The number of hydrogen-bond donors (Lipinski definition) is 2. The van der Waals surface area contributed by atoms with Crippen molar-refractivity contribution in [2.75, 3.05) is 31.6 Å². The fourth-order valence-electron chi connectivity index (χ4n) is 4.95. The van der Waals surface area contributed by atoms with Crippen LogP contribution >= 0.6 is 11.3 Å². The summed E-state index contributed by atoms with van der Waals surface area (Å²) in [7, 11) is 0. The second-order valence-electron chi connectivity index (χ2n) is 7.93. The van der Waals surface area contributed by atoms with Gasteiger partial charge in [0.15, 0.2) is 0 Å². The van der Waals surface area contributed by atoms with Crippen molar-refractivity contribution in [2.45, 2.75) is 26.7 Å². The van der Waals surface area contributed by atoms with Crippen molar-refractivity contribution < 1.29 is 24.2 Å². The average Bonchev–Trinajstić information content (AvgIpc) is 3.40. The van der Waals surface area contributed by atoms with Crippen molar-refractivity contribution >= 4 is 34.1 Å². The molecule has 1 aromatic rings. The van der Waals surface area contributed by atoms with Gasteiger partial charge in [0, 0.05) is 18.0 Å². The molecule has 2 aliphatic carbocycles. The average molecular weight is 419 g/mol. The molecule has 29 heavy (non-hydrogen) atoms. The number of morpholine rings is 1. The van der Waals surface area contributed by atoms with Gasteiger partial charge in [-0.3, -0.25) is 14.4 Å². The molecule has 2 heterocycles. The van der Waals surface area contributed by atoms with E-state index < -0.39 is 17.8 Å². The van der Waals surface area contributed by atoms with Gasteiger partial charge in [0.2, 0.25) is 5.91 Å². The Morgan fingerprint density at radius 3 is 2.48 bits per heavy atom. The Balaban J connectivity index is 1.62. The fraction of sp³-hybridized carbons (Fsp3) is 0.571. The van der Waals surface area contributed by atoms with Gasteiger partial charge >= 0.3 is 5.97 Å². The second-order valence-corrected chi connectivity index (χ2v) is 9.15. The maximum Gasteiger partial charge on any atom is 0.307 e. The summed E-state index contributed by atoms with van der Waals surface area (Å²) in [5.41, 5.74) is 1.50. The quantitative estimate of drug-likeness (QED) is 0.717. The first-order valence-electron chi connectivity index (χ1n) is 10.1. The first-order valence-corrected chi connectivity index (χ1v) is 10.9. The maximum atomic E-state index is 13.2. The number of aryl methyl sites for hydroxylation is 1. The molecule has 156 valence electrons. The van der Waals surface area contributed by atoms with E-state index in [0.717, 1.165) is 10.4 Å². The van der Waals surface area contributed by atoms with Crippen LogP contribution in [0.4, 0.5) is 5.00 Å². The van der Waals surface area contributed by atoms with Crippen LogP contribution in [0.1, 0.15) is 34.1 Å². The van der Waals surface area contributed by atoms with Gasteiger partial charge in [-0.25, -0.2) is 0 Å². The molecule has 2 fully saturated rings. The topological polar surface area (TPSA) is 95.9 Å². The largest absolute Gasteiger partial charge is 0.481 e. The van der Waals surface area contributed by atoms with E-state index in [1.165, 1.54) is 11.3 Å². The monoisotopic (exact) mass is 418 g/mol. The van der Waals surface area contributed by atoms with Crippen molar-refractivity contribution in [1.29, 1.82) is 0 Å². The molecule has 0 unspecified atom stereocenters. The van der Waals surface area contributed by atoms with E-state index in [0.29, 0.717) is 49.7 Å². The number of nitrogens with one attached hydrogen (secondary N) is 1. The molecule has 1 saturated carbocycles. The van der Waals surface area contributed by atoms with E-state index >= 15 is 0 Å². The van der Waals surface area contributed by atoms with Crippen molar-refractivity contribution in [3.63, 3.8) is 0 Å². The third-order valence-electron chi connectivity index (χ3n) is 6.36. The number of allylic oxidation sites excluding steroid dienone is 2. The smallest absolute Gasteiger partial charge is 0.307 e. The molecular formula is C21H26N2O5S. The van der Waals surface area contributed by atoms with E-state index in [9.17, 15) is 19.5 Å². The predicted octanol–water partition coefficient (Wildman–Crippen LogP) is 2.55. The molecule has 4 atom stereocenters. The lowest BCUT2D eigenvalue weighted by Crippen LogP contribution is -2.41. The number of anilines is 1. The van der Waals surface area contributed by atoms with Gasteiger partial charge in [-0.05, 0) is 37.2 Å². The van der Waals surface area contributed by atoms with E-state index in [4.69, 9.17) is 4.74 Å². The zero-order chi connectivity index (χ0) is 20.7. The summed E-state index contributed by atoms with van der Waals surface area (Å²) in [5.74, 6) is -2.74. The van der Waals surface area contributed by atoms with Crippen molar-refractivity contribution in [3.05, 3.63) is 28.2 Å². The summed E-state index contributed by atoms with van der Waals surface area (Å²) in [6.45, 7) is 6.03. The lowest BCUT2D eigenvalue weighted by atomic mass is 9.82. The lowest BCUT2D eigenvalue weighted by molar-refractivity contribution is -0.146. The first kappa shape index (κ1) is 20.1. The van der Waals surface area contributed by atoms with Crippen LogP contribution in [-0.4, -0.2) is 54.1 Å². The Morgan fingerprint density at radius 2 is 1.86 bits per heavy atom. The Morgan fingerprint density at radius 1 is 1.21 bits per heavy atom. The molecular weight excluding hydrogens is 392 g/mol. The number of ether oxygens (including phenoxy) is 1. The first-order chi connectivity index (χ1) is 13.9. The molecule has 2 amide bonds. The molecule has 2 bridgehead atoms. The number of carboxylic acid groups (broad SMARTS) is 1. The predicted molar refractivity (Wildman–Crippen MR) is 109 cm³/mol. The van der Waals surface area contributed by atoms with Crippen LogP contribution < -0.4 is 5.32 Å². The van der Waals surface area contributed by atoms with E-state index in [1.807, 2.05) is 26.0 Å². The second kappa shape index (κ2) is 7.91. The van der Waals surface area contributed by atoms with Crippen LogP contribution in [0.3, 0.4) is 0 Å². The maximum absolute atomic E-state index is 13.2. The number of aliphatic carboxylic acids is 1. The summed E-state index contributed by atoms with van der Waals surface area (Å²) >= 11 is 1.40. The minimum atomic E-state index is -0.928. The lowest BCUT2D eigenvalue weighted by Gasteiger charge is -2.28. The van der Waals surface area contributed by atoms with Gasteiger partial charge in [-0.15, -0.1) is 11.3 Å². The van der Waals surface area contributed by atoms with E-state index in [-0.39, 0.29) is 23.7 Å². The molecule has 2 N–H and O–H groups in total. The Kier molecular flexibility index (Phi) is 5.48. The zero-order valence-electron chi connectivity index (χ0n) is 16.6. The van der Waals surface area contributed by atoms with Gasteiger partial charge in [0.25, 0.3) is 5.91 Å². The third kappa shape index (κ3) is 3.48. The molecule has 1 aromatic heterocycles. The molecule has 1 aliphatic heterocycles. The van der Waals surface area contributed by atoms with Crippen molar-refractivity contribution in [1.82, 2.24) is 4.90 Å². The number of carbonyl (C=O) groups is 3. The van der Waals surface area contributed by atoms with Crippen LogP contribution in [0.5, 0.6) is 0 Å². The minimum absolute atomic E-state index is 0.0498. The summed E-state index contributed by atoms with van der Waals surface area (Å²) in [5, 5.41) is 13.1. The van der Waals surface area contributed by atoms with Gasteiger partial charge in [0.05, 0.1) is 30.6 Å². The number of hydrogen-bond acceptors (Lipinski definition) is 5. The van der Waals surface area contributed by atoms with Crippen LogP contribution in [-0.2, 0) is 20.7 Å². The number of fused-ring (bicyclic) bond motifs is 2. The van der Waals surface area contributed by atoms with Crippen LogP contribution in [0.15, 0.2) is 12.2 Å². The highest BCUT2D eigenvalue weighted by Gasteiger charge is 2.51. The highest BCUT2D eigenvalue weighted by molar-refractivity contribution is 7.16. The molecule has 0 aromatic carbocycles. The number of thiophene rings is 1. The van der Waals surface area contributed by atoms with Gasteiger partial charge < -0.3 is 20.1 Å². The van der Waals surface area contributed by atoms with Crippen LogP contribution in [0, 0.1) is 30.6 Å². The number of nitrogens with zero attached hydrogens (tertiary/aromatic N) is 1. The molecule has 1 saturated heterocycles. The highest BCUT2D eigenvalue weighted by atomic mass is 32.1. The van der Waals surface area contributed by atoms with Crippen molar-refractivity contribution in [2.24, 2.45) is 23.7 Å². The number of carbonyl (C=O) groups excluding carboxylic acids is 2. The Bertz CT molecular complexity index is 871. The Hall–Kier alpha value is -2.19. The van der Waals surface area contributed by atoms with E-state index in [1.54, 1.807) is 4.90 Å². The van der Waals surface area contributed by atoms with Gasteiger partial charge in [-0.1, -0.05) is 19.1 Å². The Labute approximate surface area is 173 Å². The molecule has 7 nitrogen and oxygen atoms in total. The summed E-state index contributed by atoms with van der Waals surface area (Å²) in [6, 6.07) is 0. The highest BCUT2D eigenvalue weighted by Crippen LogP contribution is 2.49. The fourth-order valence-corrected chi connectivity index (χ4v) is 6.09. The third-order valence-corrected chi connectivity index (χ3v) is 7.42. The molecule has 4 rings (SSSR count). The number of rotatable bonds is 5. The molecule has 8 heteroatoms. The van der Waals surface area contributed by atoms with Crippen LogP contribution in [0.2, 0.25) is 0 Å². The summed E-state index contributed by atoms with van der Waals surface area (Å²) in [6.07, 6.45) is 5.28. The molecule has 0 spiro atoms. The molecule has 3 aliphatic rings. The minimum Gasteiger partial charge on any atom is -0.481 e. The summed E-state index contributed by atoms with van der Waals surface area (Å²) in [4.78, 5) is 40.9. The standard InChI is InChI=1S/C21H26N2O5S/c1-3-14-11(2)29-19(17(14)20(25)23-6-8-28-9-7-23)22-18(24)15-12-4-5-13(10-12)16(15)21(26)27/h4-5,12-13,15-16H,3,6-10H2,1-2H3,(H,22,24)(H,26,27)/t12-,13-,15-,16+/m0/s1. The number of amides is 2. The van der Waals surface area contributed by atoms with Crippen molar-refractivity contribution in [3.8, 4) is 0 Å². The zero-order valence-corrected chi connectivity index (χ0v) is 17.5. The molecule has 0 radical (unpaired) electrons.